The van der Waals surface area contributed by atoms with Gasteiger partial charge in [-0.25, -0.2) is 0 Å². The summed E-state index contributed by atoms with van der Waals surface area (Å²) in [6.07, 6.45) is 5.38. The lowest BCUT2D eigenvalue weighted by atomic mass is 10.0. The number of aldehydes is 1. The predicted molar refractivity (Wildman–Crippen MR) is 85.3 cm³/mol. The fraction of sp³-hybridized carbons (Fsp3) is 0.400. The molecule has 0 spiro atoms. The monoisotopic (exact) mass is 296 g/mol. The number of aromatic amines is 1. The average Bonchev–Trinajstić information content (AvgIpc) is 3.07. The van der Waals surface area contributed by atoms with Crippen molar-refractivity contribution in [2.24, 2.45) is 0 Å². The third-order valence-corrected chi connectivity index (χ3v) is 3.14. The quantitative estimate of drug-likeness (QED) is 0.625. The van der Waals surface area contributed by atoms with Gasteiger partial charge in [-0.05, 0) is 31.4 Å². The lowest BCUT2D eigenvalue weighted by Gasteiger charge is -2.07. The third kappa shape index (κ3) is 3.07. The second-order valence-electron chi connectivity index (χ2n) is 4.24. The van der Waals surface area contributed by atoms with Crippen LogP contribution in [-0.4, -0.2) is 31.3 Å². The van der Waals surface area contributed by atoms with Gasteiger partial charge in [-0.15, -0.1) is 11.6 Å². The molecule has 0 bridgehead atoms. The van der Waals surface area contributed by atoms with Crippen molar-refractivity contribution in [1.29, 1.82) is 0 Å². The number of aryl methyl sites for hydroxylation is 1. The van der Waals surface area contributed by atoms with E-state index in [0.29, 0.717) is 0 Å². The zero-order chi connectivity index (χ0) is 15.1. The van der Waals surface area contributed by atoms with Gasteiger partial charge >= 0.3 is 0 Å². The Bertz CT molecular complexity index is 579. The normalized spacial score (nSPS) is 11.4. The number of benzene rings is 1. The first-order valence-electron chi connectivity index (χ1n) is 6.42. The van der Waals surface area contributed by atoms with Crippen LogP contribution < -0.4 is 10.1 Å². The zero-order valence-corrected chi connectivity index (χ0v) is 13.1. The molecule has 0 amide bonds. The number of hydrogen-bond acceptors (Lipinski definition) is 3. The minimum Gasteiger partial charge on any atom is -0.494 e. The van der Waals surface area contributed by atoms with E-state index in [1.807, 2.05) is 6.20 Å². The van der Waals surface area contributed by atoms with E-state index in [2.05, 4.69) is 34.9 Å². The van der Waals surface area contributed by atoms with Crippen molar-refractivity contribution in [3.05, 3.63) is 23.4 Å². The molecular weight excluding hydrogens is 276 g/mol. The van der Waals surface area contributed by atoms with Crippen LogP contribution in [0.4, 0.5) is 5.69 Å². The first-order chi connectivity index (χ1) is 9.72. The molecule has 1 aliphatic rings. The Kier molecular flexibility index (Phi) is 6.39. The Morgan fingerprint density at radius 1 is 1.40 bits per heavy atom. The number of aromatic nitrogens is 1. The summed E-state index contributed by atoms with van der Waals surface area (Å²) in [5, 5.41) is 4.72. The van der Waals surface area contributed by atoms with Crippen LogP contribution in [-0.2, 0) is 11.2 Å². The van der Waals surface area contributed by atoms with Gasteiger partial charge in [0.25, 0.3) is 0 Å². The molecule has 0 saturated heterocycles. The van der Waals surface area contributed by atoms with E-state index in [1.54, 1.807) is 7.11 Å². The summed E-state index contributed by atoms with van der Waals surface area (Å²) in [5.41, 5.74) is 5.06. The maximum atomic E-state index is 8.81. The van der Waals surface area contributed by atoms with Crippen LogP contribution in [0.1, 0.15) is 18.1 Å². The van der Waals surface area contributed by atoms with Gasteiger partial charge in [0.2, 0.25) is 0 Å². The van der Waals surface area contributed by atoms with Crippen molar-refractivity contribution in [2.45, 2.75) is 20.3 Å². The molecule has 0 radical (unpaired) electrons. The van der Waals surface area contributed by atoms with E-state index in [9.17, 15) is 0 Å². The summed E-state index contributed by atoms with van der Waals surface area (Å²) < 4.78 is 5.39. The number of H-pyrrole nitrogens is 1. The molecule has 2 heterocycles. The number of rotatable bonds is 1. The van der Waals surface area contributed by atoms with Crippen LogP contribution in [0.3, 0.4) is 0 Å². The molecule has 2 aromatic rings. The number of ether oxygens (including phenoxy) is 1. The van der Waals surface area contributed by atoms with Gasteiger partial charge < -0.3 is 19.8 Å². The van der Waals surface area contributed by atoms with Crippen LogP contribution in [0.2, 0.25) is 0 Å². The Balaban J connectivity index is 0.000000357. The fourth-order valence-corrected chi connectivity index (χ4v) is 2.43. The Labute approximate surface area is 124 Å². The van der Waals surface area contributed by atoms with E-state index in [4.69, 9.17) is 9.53 Å². The van der Waals surface area contributed by atoms with Gasteiger partial charge in [-0.1, -0.05) is 0 Å². The summed E-state index contributed by atoms with van der Waals surface area (Å²) in [4.78, 5) is 12.1. The summed E-state index contributed by atoms with van der Waals surface area (Å²) in [6.45, 7) is 4.61. The Morgan fingerprint density at radius 3 is 2.65 bits per heavy atom. The van der Waals surface area contributed by atoms with Gasteiger partial charge in [-0.2, -0.15) is 0 Å². The molecule has 110 valence electrons. The molecule has 5 heteroatoms. The summed E-state index contributed by atoms with van der Waals surface area (Å²) in [7, 11) is 1.71. The smallest absolute Gasteiger partial charge is 0.144 e. The fourth-order valence-electron chi connectivity index (χ4n) is 2.43. The van der Waals surface area contributed by atoms with Crippen molar-refractivity contribution < 1.29 is 9.53 Å². The molecule has 0 saturated carbocycles. The van der Waals surface area contributed by atoms with Gasteiger partial charge in [0.05, 0.1) is 12.6 Å². The molecule has 4 nitrogen and oxygen atoms in total. The molecule has 0 atom stereocenters. The molecule has 0 fully saturated rings. The highest BCUT2D eigenvalue weighted by atomic mass is 35.5. The molecule has 0 aliphatic carbocycles. The molecule has 1 aliphatic heterocycles. The number of anilines is 1. The highest BCUT2D eigenvalue weighted by Crippen LogP contribution is 2.38. The Morgan fingerprint density at radius 2 is 2.05 bits per heavy atom. The van der Waals surface area contributed by atoms with Crippen LogP contribution in [0, 0.1) is 6.92 Å². The second-order valence-corrected chi connectivity index (χ2v) is 4.24. The second kappa shape index (κ2) is 7.80. The number of hydrogen-bond donors (Lipinski definition) is 2. The summed E-state index contributed by atoms with van der Waals surface area (Å²) in [5.74, 6) is 0.922. The predicted octanol–water partition coefficient (Wildman–Crippen LogP) is 3.51. The first-order valence-corrected chi connectivity index (χ1v) is 7.17. The standard InChI is InChI=1S/C12H14N2O.C2H4O.CH3Cl/c1-7-6-14-12-10(15-2)5-9-8(11(7)12)3-4-13-9;1-2-3;1-2/h5-6,13-14H,3-4H2,1-2H3;2H,1H3;1H3. The van der Waals surface area contributed by atoms with E-state index >= 15 is 0 Å². The molecule has 1 aromatic carbocycles. The zero-order valence-electron chi connectivity index (χ0n) is 12.3. The van der Waals surface area contributed by atoms with Crippen LogP contribution in [0.15, 0.2) is 12.3 Å². The van der Waals surface area contributed by atoms with E-state index < -0.39 is 0 Å². The summed E-state index contributed by atoms with van der Waals surface area (Å²) in [6, 6.07) is 2.08. The number of carbonyl (C=O) groups is 1. The number of alkyl halides is 1. The van der Waals surface area contributed by atoms with Crippen LogP contribution in [0.5, 0.6) is 5.75 Å². The van der Waals surface area contributed by atoms with Crippen LogP contribution in [0.25, 0.3) is 10.9 Å². The molecular formula is C15H21ClN2O2. The van der Waals surface area contributed by atoms with E-state index in [0.717, 1.165) is 30.5 Å². The molecule has 2 N–H and O–H groups in total. The third-order valence-electron chi connectivity index (χ3n) is 3.14. The molecule has 20 heavy (non-hydrogen) atoms. The van der Waals surface area contributed by atoms with E-state index in [-0.39, 0.29) is 0 Å². The summed E-state index contributed by atoms with van der Waals surface area (Å²) >= 11 is 4.64. The van der Waals surface area contributed by atoms with E-state index in [1.165, 1.54) is 35.5 Å². The van der Waals surface area contributed by atoms with Crippen molar-refractivity contribution in [3.8, 4) is 5.75 Å². The lowest BCUT2D eigenvalue weighted by molar-refractivity contribution is -0.106. The minimum absolute atomic E-state index is 0.750. The number of carbonyl (C=O) groups excluding carboxylic acids is 1. The average molecular weight is 297 g/mol. The minimum atomic E-state index is 0.750. The highest BCUT2D eigenvalue weighted by Gasteiger charge is 2.18. The molecule has 0 unspecified atom stereocenters. The van der Waals surface area contributed by atoms with Gasteiger partial charge in [0.15, 0.2) is 0 Å². The first kappa shape index (κ1) is 16.4. The lowest BCUT2D eigenvalue weighted by Crippen LogP contribution is -1.91. The maximum Gasteiger partial charge on any atom is 0.144 e. The SMILES string of the molecule is CC=O.CCl.COc1cc2c(c3c(C)c[nH]c13)CCN2. The topological polar surface area (TPSA) is 54.1 Å². The van der Waals surface area contributed by atoms with Crippen LogP contribution >= 0.6 is 11.6 Å². The van der Waals surface area contributed by atoms with Gasteiger partial charge in [0.1, 0.15) is 12.0 Å². The molecule has 1 aromatic heterocycles. The number of halogens is 1. The highest BCUT2D eigenvalue weighted by molar-refractivity contribution is 6.15. The van der Waals surface area contributed by atoms with Crippen molar-refractivity contribution in [1.82, 2.24) is 4.98 Å². The number of methoxy groups -OCH3 is 1. The van der Waals surface area contributed by atoms with Gasteiger partial charge in [0, 0.05) is 36.3 Å². The van der Waals surface area contributed by atoms with Crippen molar-refractivity contribution >= 4 is 34.5 Å². The Hall–Kier alpha value is -1.68. The van der Waals surface area contributed by atoms with Gasteiger partial charge in [-0.3, -0.25) is 0 Å². The maximum absolute atomic E-state index is 8.81. The molecule has 3 rings (SSSR count). The van der Waals surface area contributed by atoms with Crippen molar-refractivity contribution in [2.75, 3.05) is 25.4 Å². The largest absolute Gasteiger partial charge is 0.494 e. The number of nitrogens with one attached hydrogen (secondary N) is 2. The number of fused-ring (bicyclic) bond motifs is 3. The van der Waals surface area contributed by atoms with Crippen molar-refractivity contribution in [3.63, 3.8) is 0 Å².